The summed E-state index contributed by atoms with van der Waals surface area (Å²) in [5, 5.41) is 5.50. The molecule has 1 aliphatic rings. The molecule has 5 N–H and O–H groups in total. The minimum atomic E-state index is -0.284. The number of anilines is 1. The van der Waals surface area contributed by atoms with Gasteiger partial charge in [-0.2, -0.15) is 0 Å². The van der Waals surface area contributed by atoms with Gasteiger partial charge in [0.1, 0.15) is 11.5 Å². The molecule has 7 heteroatoms. The number of carbonyl (C=O) groups excluding carboxylic acids is 2. The molecule has 0 radical (unpaired) electrons. The lowest BCUT2D eigenvalue weighted by Gasteiger charge is -2.11. The summed E-state index contributed by atoms with van der Waals surface area (Å²) in [7, 11) is 0. The Labute approximate surface area is 104 Å². The van der Waals surface area contributed by atoms with Crippen molar-refractivity contribution in [1.82, 2.24) is 15.6 Å². The maximum Gasteiger partial charge on any atom is 0.270 e. The Kier molecular flexibility index (Phi) is 3.73. The Morgan fingerprint density at radius 2 is 2.39 bits per heavy atom. The predicted molar refractivity (Wildman–Crippen MR) is 65.5 cm³/mol. The van der Waals surface area contributed by atoms with E-state index >= 15 is 0 Å². The van der Waals surface area contributed by atoms with Gasteiger partial charge in [0.2, 0.25) is 5.91 Å². The van der Waals surface area contributed by atoms with Crippen LogP contribution in [-0.2, 0) is 4.79 Å². The van der Waals surface area contributed by atoms with Crippen molar-refractivity contribution in [2.75, 3.05) is 12.0 Å². The molecular weight excluding hydrogens is 234 g/mol. The van der Waals surface area contributed by atoms with Crippen LogP contribution in [-0.4, -0.2) is 29.4 Å². The van der Waals surface area contributed by atoms with Crippen LogP contribution in [0.1, 0.15) is 23.3 Å². The summed E-state index contributed by atoms with van der Waals surface area (Å²) in [6.07, 6.45) is 1.27. The first kappa shape index (κ1) is 12.3. The first-order chi connectivity index (χ1) is 8.69. The van der Waals surface area contributed by atoms with E-state index < -0.39 is 0 Å². The van der Waals surface area contributed by atoms with Gasteiger partial charge in [-0.3, -0.25) is 9.59 Å². The highest BCUT2D eigenvalue weighted by molar-refractivity contribution is 5.92. The maximum atomic E-state index is 11.8. The van der Waals surface area contributed by atoms with E-state index in [-0.39, 0.29) is 23.6 Å². The van der Waals surface area contributed by atoms with E-state index in [1.807, 2.05) is 0 Å². The van der Waals surface area contributed by atoms with Gasteiger partial charge >= 0.3 is 0 Å². The second-order valence-electron chi connectivity index (χ2n) is 4.07. The van der Waals surface area contributed by atoms with E-state index in [1.165, 1.54) is 0 Å². The molecule has 96 valence electrons. The Balaban J connectivity index is 1.89. The fourth-order valence-electron chi connectivity index (χ4n) is 1.78. The first-order valence-electron chi connectivity index (χ1n) is 5.70. The van der Waals surface area contributed by atoms with Crippen LogP contribution in [0.25, 0.3) is 0 Å². The molecule has 0 saturated carbocycles. The summed E-state index contributed by atoms with van der Waals surface area (Å²) < 4.78 is 0. The van der Waals surface area contributed by atoms with E-state index in [2.05, 4.69) is 21.0 Å². The Morgan fingerprint density at radius 1 is 1.56 bits per heavy atom. The number of hydrogen-bond acceptors (Lipinski definition) is 5. The van der Waals surface area contributed by atoms with Crippen LogP contribution < -0.4 is 21.9 Å². The van der Waals surface area contributed by atoms with Crippen molar-refractivity contribution < 1.29 is 9.59 Å². The smallest absolute Gasteiger partial charge is 0.270 e. The monoisotopic (exact) mass is 249 g/mol. The number of pyridine rings is 1. The van der Waals surface area contributed by atoms with Gasteiger partial charge in [0.05, 0.1) is 0 Å². The molecule has 18 heavy (non-hydrogen) atoms. The Bertz CT molecular complexity index is 463. The zero-order chi connectivity index (χ0) is 13.0. The number of rotatable bonds is 4. The number of hydrogen-bond donors (Lipinski definition) is 4. The van der Waals surface area contributed by atoms with Gasteiger partial charge in [-0.25, -0.2) is 10.8 Å². The Morgan fingerprint density at radius 3 is 3.06 bits per heavy atom. The lowest BCUT2D eigenvalue weighted by molar-refractivity contribution is -0.119. The van der Waals surface area contributed by atoms with Crippen LogP contribution in [0.4, 0.5) is 5.82 Å². The van der Waals surface area contributed by atoms with Gasteiger partial charge in [0, 0.05) is 19.0 Å². The molecule has 1 unspecified atom stereocenters. The Hall–Kier alpha value is -2.15. The standard InChI is InChI=1S/C11H15N5O2/c12-16-9-3-1-2-8(15-9)11(18)13-6-7-4-5-10(17)14-7/h1-3,7H,4-6,12H2,(H,13,18)(H,14,17)(H,15,16). The number of hydrazine groups is 1. The van der Waals surface area contributed by atoms with Crippen LogP contribution in [0, 0.1) is 0 Å². The molecule has 0 aliphatic carbocycles. The van der Waals surface area contributed by atoms with Crippen LogP contribution in [0.5, 0.6) is 0 Å². The summed E-state index contributed by atoms with van der Waals surface area (Å²) in [5.41, 5.74) is 2.66. The summed E-state index contributed by atoms with van der Waals surface area (Å²) in [4.78, 5) is 26.8. The summed E-state index contributed by atoms with van der Waals surface area (Å²) in [5.74, 6) is 5.39. The molecule has 1 aromatic rings. The molecule has 1 saturated heterocycles. The highest BCUT2D eigenvalue weighted by atomic mass is 16.2. The second-order valence-corrected chi connectivity index (χ2v) is 4.07. The topological polar surface area (TPSA) is 109 Å². The van der Waals surface area contributed by atoms with Gasteiger partial charge in [0.15, 0.2) is 0 Å². The molecule has 2 amide bonds. The molecule has 0 spiro atoms. The molecule has 2 rings (SSSR count). The van der Waals surface area contributed by atoms with Crippen LogP contribution in [0.3, 0.4) is 0 Å². The number of carbonyl (C=O) groups is 2. The SMILES string of the molecule is NNc1cccc(C(=O)NCC2CCC(=O)N2)n1. The molecule has 2 heterocycles. The fraction of sp³-hybridized carbons (Fsp3) is 0.364. The average molecular weight is 249 g/mol. The molecule has 1 atom stereocenters. The van der Waals surface area contributed by atoms with E-state index in [0.29, 0.717) is 18.8 Å². The lowest BCUT2D eigenvalue weighted by Crippen LogP contribution is -2.38. The second kappa shape index (κ2) is 5.46. The molecule has 7 nitrogen and oxygen atoms in total. The van der Waals surface area contributed by atoms with Crippen molar-refractivity contribution in [2.24, 2.45) is 5.84 Å². The van der Waals surface area contributed by atoms with Gasteiger partial charge in [-0.15, -0.1) is 0 Å². The van der Waals surface area contributed by atoms with Crippen molar-refractivity contribution in [3.05, 3.63) is 23.9 Å². The first-order valence-corrected chi connectivity index (χ1v) is 5.70. The molecule has 1 aliphatic heterocycles. The number of aromatic nitrogens is 1. The predicted octanol–water partition coefficient (Wildman–Crippen LogP) is -0.624. The highest BCUT2D eigenvalue weighted by Crippen LogP contribution is 2.06. The summed E-state index contributed by atoms with van der Waals surface area (Å²) >= 11 is 0. The van der Waals surface area contributed by atoms with Gasteiger partial charge in [0.25, 0.3) is 5.91 Å². The minimum absolute atomic E-state index is 0.0114. The number of nitrogens with zero attached hydrogens (tertiary/aromatic N) is 1. The third-order valence-electron chi connectivity index (χ3n) is 2.72. The van der Waals surface area contributed by atoms with Crippen LogP contribution in [0.2, 0.25) is 0 Å². The molecule has 0 aromatic carbocycles. The van der Waals surface area contributed by atoms with Gasteiger partial charge in [-0.05, 0) is 18.6 Å². The third-order valence-corrected chi connectivity index (χ3v) is 2.72. The fourth-order valence-corrected chi connectivity index (χ4v) is 1.78. The van der Waals surface area contributed by atoms with Crippen LogP contribution in [0.15, 0.2) is 18.2 Å². The number of nitrogens with one attached hydrogen (secondary N) is 3. The normalized spacial score (nSPS) is 18.3. The van der Waals surface area contributed by atoms with Crippen molar-refractivity contribution in [3.63, 3.8) is 0 Å². The third kappa shape index (κ3) is 2.95. The number of amides is 2. The van der Waals surface area contributed by atoms with E-state index in [9.17, 15) is 9.59 Å². The number of nitrogen functional groups attached to an aromatic ring is 1. The quantitative estimate of drug-likeness (QED) is 0.420. The molecule has 0 bridgehead atoms. The van der Waals surface area contributed by atoms with Crippen molar-refractivity contribution in [1.29, 1.82) is 0 Å². The van der Waals surface area contributed by atoms with Crippen molar-refractivity contribution in [2.45, 2.75) is 18.9 Å². The zero-order valence-electron chi connectivity index (χ0n) is 9.77. The van der Waals surface area contributed by atoms with E-state index in [1.54, 1.807) is 18.2 Å². The van der Waals surface area contributed by atoms with E-state index in [0.717, 1.165) is 6.42 Å². The maximum absolute atomic E-state index is 11.8. The average Bonchev–Trinajstić information content (AvgIpc) is 2.82. The lowest BCUT2D eigenvalue weighted by atomic mass is 10.2. The molecule has 1 aromatic heterocycles. The van der Waals surface area contributed by atoms with Crippen molar-refractivity contribution in [3.8, 4) is 0 Å². The minimum Gasteiger partial charge on any atom is -0.352 e. The van der Waals surface area contributed by atoms with Crippen molar-refractivity contribution >= 4 is 17.6 Å². The molecule has 1 fully saturated rings. The largest absolute Gasteiger partial charge is 0.352 e. The zero-order valence-corrected chi connectivity index (χ0v) is 9.77. The van der Waals surface area contributed by atoms with Gasteiger partial charge < -0.3 is 16.1 Å². The van der Waals surface area contributed by atoms with Crippen LogP contribution >= 0.6 is 0 Å². The highest BCUT2D eigenvalue weighted by Gasteiger charge is 2.21. The summed E-state index contributed by atoms with van der Waals surface area (Å²) in [6.45, 7) is 0.409. The summed E-state index contributed by atoms with van der Waals surface area (Å²) in [6, 6.07) is 4.96. The number of nitrogens with two attached hydrogens (primary N) is 1. The van der Waals surface area contributed by atoms with Gasteiger partial charge in [-0.1, -0.05) is 6.07 Å². The molecular formula is C11H15N5O2. The van der Waals surface area contributed by atoms with E-state index in [4.69, 9.17) is 5.84 Å².